The Bertz CT molecular complexity index is 905. The van der Waals surface area contributed by atoms with Gasteiger partial charge in [0, 0.05) is 11.5 Å². The number of nitrogens with zero attached hydrogens (tertiary/aromatic N) is 2. The second-order valence-corrected chi connectivity index (χ2v) is 5.24. The first kappa shape index (κ1) is 17.4. The minimum absolute atomic E-state index is 0.165. The Kier molecular flexibility index (Phi) is 5.13. The Labute approximate surface area is 138 Å². The maximum Gasteiger partial charge on any atom is 0.362 e. The fourth-order valence-electron chi connectivity index (χ4n) is 2.13. The summed E-state index contributed by atoms with van der Waals surface area (Å²) in [4.78, 5) is 23.2. The second-order valence-electron chi connectivity index (χ2n) is 5.24. The van der Waals surface area contributed by atoms with E-state index in [1.165, 1.54) is 13.0 Å². The molecule has 1 heterocycles. The predicted octanol–water partition coefficient (Wildman–Crippen LogP) is 3.85. The normalized spacial score (nSPS) is 12.5. The number of fused-ring (bicyclic) bond motifs is 1. The first-order valence-electron chi connectivity index (χ1n) is 7.37. The highest BCUT2D eigenvalue weighted by Crippen LogP contribution is 2.28. The van der Waals surface area contributed by atoms with Crippen LogP contribution in [-0.2, 0) is 9.53 Å². The van der Waals surface area contributed by atoms with E-state index in [-0.39, 0.29) is 18.1 Å². The second kappa shape index (κ2) is 7.08. The Balaban J connectivity index is 2.49. The van der Waals surface area contributed by atoms with Gasteiger partial charge < -0.3 is 14.3 Å². The number of esters is 1. The molecule has 1 aromatic carbocycles. The van der Waals surface area contributed by atoms with E-state index in [2.05, 4.69) is 10.2 Å². The van der Waals surface area contributed by atoms with Crippen molar-refractivity contribution in [1.82, 2.24) is 0 Å². The van der Waals surface area contributed by atoms with Crippen molar-refractivity contribution in [3.05, 3.63) is 51.2 Å². The smallest absolute Gasteiger partial charge is 0.362 e. The molecule has 0 aliphatic carbocycles. The van der Waals surface area contributed by atoms with Crippen molar-refractivity contribution < 1.29 is 19.1 Å². The highest BCUT2D eigenvalue weighted by Gasteiger charge is 2.14. The van der Waals surface area contributed by atoms with Gasteiger partial charge in [-0.05, 0) is 51.0 Å². The standard InChI is InChI=1S/C17H18N2O5/c1-5-23-17(22)16(11(4)20)19-18-13-8-12-9(2)7-15(21)24-14(12)6-10(13)3/h6-8,20H,5H2,1-4H3/b16-11-,19-18?. The summed E-state index contributed by atoms with van der Waals surface area (Å²) in [6.45, 7) is 6.71. The Hall–Kier alpha value is -2.96. The summed E-state index contributed by atoms with van der Waals surface area (Å²) in [5.41, 5.74) is 1.72. The molecule has 0 fully saturated rings. The number of azo groups is 1. The molecular weight excluding hydrogens is 312 g/mol. The molecule has 24 heavy (non-hydrogen) atoms. The van der Waals surface area contributed by atoms with Gasteiger partial charge in [0.25, 0.3) is 0 Å². The summed E-state index contributed by atoms with van der Waals surface area (Å²) >= 11 is 0. The molecule has 2 aromatic rings. The van der Waals surface area contributed by atoms with Crippen LogP contribution in [0.3, 0.4) is 0 Å². The zero-order valence-electron chi connectivity index (χ0n) is 13.9. The third-order valence-corrected chi connectivity index (χ3v) is 3.34. The molecule has 126 valence electrons. The van der Waals surface area contributed by atoms with Crippen LogP contribution in [0.5, 0.6) is 0 Å². The molecule has 0 atom stereocenters. The number of aryl methyl sites for hydroxylation is 2. The predicted molar refractivity (Wildman–Crippen MR) is 88.4 cm³/mol. The molecule has 1 N–H and O–H groups in total. The van der Waals surface area contributed by atoms with Crippen molar-refractivity contribution in [1.29, 1.82) is 0 Å². The molecule has 0 bridgehead atoms. The van der Waals surface area contributed by atoms with Gasteiger partial charge in [-0.25, -0.2) is 9.59 Å². The number of carbonyl (C=O) groups is 1. The fourth-order valence-corrected chi connectivity index (χ4v) is 2.13. The van der Waals surface area contributed by atoms with Gasteiger partial charge in [-0.2, -0.15) is 0 Å². The van der Waals surface area contributed by atoms with Gasteiger partial charge in [-0.3, -0.25) is 0 Å². The molecule has 0 radical (unpaired) electrons. The Morgan fingerprint density at radius 3 is 2.58 bits per heavy atom. The van der Waals surface area contributed by atoms with E-state index in [1.54, 1.807) is 32.9 Å². The number of carbonyl (C=O) groups excluding carboxylic acids is 1. The Morgan fingerprint density at radius 1 is 1.25 bits per heavy atom. The average Bonchev–Trinajstić information content (AvgIpc) is 2.48. The largest absolute Gasteiger partial charge is 0.510 e. The molecular formula is C17H18N2O5. The van der Waals surface area contributed by atoms with E-state index in [0.29, 0.717) is 16.8 Å². The number of hydrogen-bond acceptors (Lipinski definition) is 7. The van der Waals surface area contributed by atoms with Crippen LogP contribution in [-0.4, -0.2) is 17.7 Å². The molecule has 7 heteroatoms. The van der Waals surface area contributed by atoms with Crippen LogP contribution in [0.2, 0.25) is 0 Å². The lowest BCUT2D eigenvalue weighted by atomic mass is 10.1. The summed E-state index contributed by atoms with van der Waals surface area (Å²) in [7, 11) is 0. The van der Waals surface area contributed by atoms with Crippen LogP contribution in [0, 0.1) is 13.8 Å². The lowest BCUT2D eigenvalue weighted by Gasteiger charge is -2.05. The Morgan fingerprint density at radius 2 is 1.96 bits per heavy atom. The van der Waals surface area contributed by atoms with Crippen LogP contribution in [0.1, 0.15) is 25.0 Å². The van der Waals surface area contributed by atoms with Crippen LogP contribution < -0.4 is 5.63 Å². The molecule has 0 aliphatic heterocycles. The molecule has 0 unspecified atom stereocenters. The molecule has 0 amide bonds. The number of aliphatic hydroxyl groups is 1. The zero-order chi connectivity index (χ0) is 17.9. The molecule has 0 aliphatic rings. The SMILES string of the molecule is CCOC(=O)/C(N=Nc1cc2c(C)cc(=O)oc2cc1C)=C(\C)O. The molecule has 7 nitrogen and oxygen atoms in total. The summed E-state index contributed by atoms with van der Waals surface area (Å²) in [6, 6.07) is 4.78. The monoisotopic (exact) mass is 330 g/mol. The van der Waals surface area contributed by atoms with E-state index < -0.39 is 11.6 Å². The third kappa shape index (κ3) is 3.68. The first-order valence-corrected chi connectivity index (χ1v) is 7.37. The minimum atomic E-state index is -0.748. The van der Waals surface area contributed by atoms with E-state index >= 15 is 0 Å². The van der Waals surface area contributed by atoms with Gasteiger partial charge in [-0.15, -0.1) is 10.2 Å². The van der Waals surface area contributed by atoms with Gasteiger partial charge in [0.2, 0.25) is 5.70 Å². The molecule has 0 spiro atoms. The maximum atomic E-state index is 11.8. The van der Waals surface area contributed by atoms with Crippen molar-refractivity contribution in [2.24, 2.45) is 10.2 Å². The van der Waals surface area contributed by atoms with E-state index in [1.807, 2.05) is 0 Å². The summed E-state index contributed by atoms with van der Waals surface area (Å²) in [5.74, 6) is -1.03. The van der Waals surface area contributed by atoms with Crippen molar-refractivity contribution in [2.75, 3.05) is 6.61 Å². The van der Waals surface area contributed by atoms with Crippen LogP contribution in [0.15, 0.2) is 49.1 Å². The van der Waals surface area contributed by atoms with Gasteiger partial charge in [0.05, 0.1) is 12.3 Å². The van der Waals surface area contributed by atoms with Crippen molar-refractivity contribution in [3.63, 3.8) is 0 Å². The van der Waals surface area contributed by atoms with Crippen molar-refractivity contribution in [2.45, 2.75) is 27.7 Å². The first-order chi connectivity index (χ1) is 11.3. The molecule has 1 aromatic heterocycles. The van der Waals surface area contributed by atoms with Crippen LogP contribution >= 0.6 is 0 Å². The van der Waals surface area contributed by atoms with Crippen molar-refractivity contribution in [3.8, 4) is 0 Å². The highest BCUT2D eigenvalue weighted by molar-refractivity contribution is 5.88. The van der Waals surface area contributed by atoms with Gasteiger partial charge in [0.15, 0.2) is 0 Å². The zero-order valence-corrected chi connectivity index (χ0v) is 13.9. The van der Waals surface area contributed by atoms with Gasteiger partial charge in [-0.1, -0.05) is 0 Å². The van der Waals surface area contributed by atoms with E-state index in [9.17, 15) is 14.7 Å². The quantitative estimate of drug-likeness (QED) is 0.302. The number of hydrogen-bond donors (Lipinski definition) is 1. The van der Waals surface area contributed by atoms with E-state index in [4.69, 9.17) is 9.15 Å². The minimum Gasteiger partial charge on any atom is -0.510 e. The molecule has 0 saturated heterocycles. The van der Waals surface area contributed by atoms with E-state index in [0.717, 1.165) is 10.9 Å². The van der Waals surface area contributed by atoms with Gasteiger partial charge >= 0.3 is 11.6 Å². The van der Waals surface area contributed by atoms with Crippen LogP contribution in [0.25, 0.3) is 11.0 Å². The number of benzene rings is 1. The topological polar surface area (TPSA) is 101 Å². The highest BCUT2D eigenvalue weighted by atomic mass is 16.5. The summed E-state index contributed by atoms with van der Waals surface area (Å²) in [5, 5.41) is 18.1. The number of aliphatic hydroxyl groups excluding tert-OH is 1. The lowest BCUT2D eigenvalue weighted by Crippen LogP contribution is -2.07. The summed E-state index contributed by atoms with van der Waals surface area (Å²) in [6.07, 6.45) is 0. The average molecular weight is 330 g/mol. The molecule has 2 rings (SSSR count). The van der Waals surface area contributed by atoms with Crippen LogP contribution in [0.4, 0.5) is 5.69 Å². The number of allylic oxidation sites excluding steroid dienone is 1. The summed E-state index contributed by atoms with van der Waals surface area (Å²) < 4.78 is 9.99. The molecule has 0 saturated carbocycles. The van der Waals surface area contributed by atoms with Crippen molar-refractivity contribution >= 4 is 22.6 Å². The third-order valence-electron chi connectivity index (χ3n) is 3.34. The number of rotatable bonds is 4. The fraction of sp³-hybridized carbons (Fsp3) is 0.294. The number of ether oxygens (including phenoxy) is 1. The lowest BCUT2D eigenvalue weighted by molar-refractivity contribution is -0.138. The van der Waals surface area contributed by atoms with Gasteiger partial charge in [0.1, 0.15) is 11.3 Å². The maximum absolute atomic E-state index is 11.8.